The van der Waals surface area contributed by atoms with Crippen LogP contribution < -0.4 is 0 Å². The van der Waals surface area contributed by atoms with Crippen molar-refractivity contribution in [2.24, 2.45) is 0 Å². The predicted molar refractivity (Wildman–Crippen MR) is 40.7 cm³/mol. The summed E-state index contributed by atoms with van der Waals surface area (Å²) in [6, 6.07) is 0. The molecular weight excluding hydrogens is 128 g/mol. The van der Waals surface area contributed by atoms with E-state index in [0.29, 0.717) is 6.42 Å². The molecule has 0 rings (SSSR count). The second-order valence-corrected chi connectivity index (χ2v) is 2.21. The SMILES string of the molecule is CC/C=C(\C)CC(=O)OC. The molecule has 0 aliphatic carbocycles. The summed E-state index contributed by atoms with van der Waals surface area (Å²) in [4.78, 5) is 10.6. The molecule has 2 heteroatoms. The zero-order valence-electron chi connectivity index (χ0n) is 6.81. The van der Waals surface area contributed by atoms with Gasteiger partial charge in [-0.25, -0.2) is 0 Å². The van der Waals surface area contributed by atoms with Crippen molar-refractivity contribution in [1.82, 2.24) is 0 Å². The quantitative estimate of drug-likeness (QED) is 0.444. The van der Waals surface area contributed by atoms with E-state index in [-0.39, 0.29) is 5.97 Å². The molecule has 0 N–H and O–H groups in total. The van der Waals surface area contributed by atoms with Crippen molar-refractivity contribution in [3.63, 3.8) is 0 Å². The highest BCUT2D eigenvalue weighted by Crippen LogP contribution is 2.01. The summed E-state index contributed by atoms with van der Waals surface area (Å²) in [6.07, 6.45) is 3.42. The number of allylic oxidation sites excluding steroid dienone is 1. The Labute approximate surface area is 61.9 Å². The number of hydrogen-bond donors (Lipinski definition) is 0. The smallest absolute Gasteiger partial charge is 0.309 e. The second-order valence-electron chi connectivity index (χ2n) is 2.21. The van der Waals surface area contributed by atoms with Crippen LogP contribution in [-0.2, 0) is 9.53 Å². The molecule has 0 heterocycles. The summed E-state index contributed by atoms with van der Waals surface area (Å²) < 4.78 is 4.49. The largest absolute Gasteiger partial charge is 0.469 e. The lowest BCUT2D eigenvalue weighted by Crippen LogP contribution is -1.99. The number of methoxy groups -OCH3 is 1. The van der Waals surface area contributed by atoms with E-state index in [4.69, 9.17) is 0 Å². The minimum Gasteiger partial charge on any atom is -0.469 e. The maximum absolute atomic E-state index is 10.6. The fourth-order valence-electron chi connectivity index (χ4n) is 0.720. The molecule has 0 aromatic carbocycles. The van der Waals surface area contributed by atoms with E-state index in [1.54, 1.807) is 0 Å². The second kappa shape index (κ2) is 5.03. The molecule has 0 aliphatic rings. The van der Waals surface area contributed by atoms with Crippen molar-refractivity contribution in [1.29, 1.82) is 0 Å². The molecule has 0 saturated carbocycles. The van der Waals surface area contributed by atoms with Gasteiger partial charge in [-0.15, -0.1) is 0 Å². The number of carbonyl (C=O) groups excluding carboxylic acids is 1. The van der Waals surface area contributed by atoms with Gasteiger partial charge in [-0.05, 0) is 13.3 Å². The third-order valence-electron chi connectivity index (χ3n) is 1.20. The third kappa shape index (κ3) is 4.13. The van der Waals surface area contributed by atoms with Crippen molar-refractivity contribution in [3.05, 3.63) is 11.6 Å². The fourth-order valence-corrected chi connectivity index (χ4v) is 0.720. The van der Waals surface area contributed by atoms with Gasteiger partial charge in [0.05, 0.1) is 13.5 Å². The number of rotatable bonds is 3. The standard InChI is InChI=1S/C8H14O2/c1-4-5-7(2)6-8(9)10-3/h5H,4,6H2,1-3H3/b7-5+. The maximum atomic E-state index is 10.6. The van der Waals surface area contributed by atoms with Gasteiger partial charge in [0, 0.05) is 0 Å². The molecule has 10 heavy (non-hydrogen) atoms. The Bertz CT molecular complexity index is 136. The minimum absolute atomic E-state index is 0.165. The van der Waals surface area contributed by atoms with E-state index in [1.165, 1.54) is 7.11 Å². The average Bonchev–Trinajstić information content (AvgIpc) is 1.88. The zero-order chi connectivity index (χ0) is 7.98. The van der Waals surface area contributed by atoms with Crippen LogP contribution in [0.1, 0.15) is 26.7 Å². The molecule has 58 valence electrons. The van der Waals surface area contributed by atoms with Crippen LogP contribution in [0.5, 0.6) is 0 Å². The van der Waals surface area contributed by atoms with Crippen LogP contribution in [0.2, 0.25) is 0 Å². The zero-order valence-corrected chi connectivity index (χ0v) is 6.81. The molecule has 0 aliphatic heterocycles. The summed E-state index contributed by atoms with van der Waals surface area (Å²) in [5.74, 6) is -0.165. The van der Waals surface area contributed by atoms with Crippen LogP contribution in [0.25, 0.3) is 0 Å². The molecule has 0 atom stereocenters. The predicted octanol–water partition coefficient (Wildman–Crippen LogP) is 1.91. The third-order valence-corrected chi connectivity index (χ3v) is 1.20. The molecule has 0 spiro atoms. The molecule has 2 nitrogen and oxygen atoms in total. The van der Waals surface area contributed by atoms with Crippen molar-refractivity contribution in [2.75, 3.05) is 7.11 Å². The first kappa shape index (κ1) is 9.21. The van der Waals surface area contributed by atoms with Gasteiger partial charge in [0.25, 0.3) is 0 Å². The van der Waals surface area contributed by atoms with Crippen LogP contribution in [-0.4, -0.2) is 13.1 Å². The lowest BCUT2D eigenvalue weighted by Gasteiger charge is -1.97. The highest BCUT2D eigenvalue weighted by atomic mass is 16.5. The number of ether oxygens (including phenoxy) is 1. The van der Waals surface area contributed by atoms with Gasteiger partial charge in [-0.1, -0.05) is 18.6 Å². The molecule has 0 aromatic heterocycles. The lowest BCUT2D eigenvalue weighted by atomic mass is 10.2. The van der Waals surface area contributed by atoms with Gasteiger partial charge < -0.3 is 4.74 Å². The van der Waals surface area contributed by atoms with Crippen LogP contribution in [0.3, 0.4) is 0 Å². The van der Waals surface area contributed by atoms with Crippen molar-refractivity contribution < 1.29 is 9.53 Å². The van der Waals surface area contributed by atoms with Crippen LogP contribution in [0.4, 0.5) is 0 Å². The number of hydrogen-bond acceptors (Lipinski definition) is 2. The Morgan fingerprint density at radius 1 is 1.60 bits per heavy atom. The summed E-state index contributed by atoms with van der Waals surface area (Å²) in [6.45, 7) is 3.97. The molecule has 0 radical (unpaired) electrons. The number of carbonyl (C=O) groups is 1. The topological polar surface area (TPSA) is 26.3 Å². The van der Waals surface area contributed by atoms with Crippen LogP contribution in [0.15, 0.2) is 11.6 Å². The van der Waals surface area contributed by atoms with Crippen LogP contribution in [0, 0.1) is 0 Å². The minimum atomic E-state index is -0.165. The monoisotopic (exact) mass is 142 g/mol. The molecule has 0 aromatic rings. The lowest BCUT2D eigenvalue weighted by molar-refractivity contribution is -0.139. The van der Waals surface area contributed by atoms with Gasteiger partial charge in [-0.3, -0.25) is 4.79 Å². The first-order chi connectivity index (χ1) is 4.70. The van der Waals surface area contributed by atoms with Gasteiger partial charge in [0.15, 0.2) is 0 Å². The highest BCUT2D eigenvalue weighted by molar-refractivity contribution is 5.71. The van der Waals surface area contributed by atoms with E-state index < -0.39 is 0 Å². The molecular formula is C8H14O2. The van der Waals surface area contributed by atoms with Gasteiger partial charge in [0.2, 0.25) is 0 Å². The molecule has 0 amide bonds. The number of esters is 1. The molecule has 0 saturated heterocycles. The Morgan fingerprint density at radius 3 is 2.60 bits per heavy atom. The van der Waals surface area contributed by atoms with Crippen molar-refractivity contribution in [3.8, 4) is 0 Å². The molecule has 0 fully saturated rings. The Morgan fingerprint density at radius 2 is 2.20 bits per heavy atom. The Kier molecular flexibility index (Phi) is 4.63. The van der Waals surface area contributed by atoms with Crippen molar-refractivity contribution in [2.45, 2.75) is 26.7 Å². The van der Waals surface area contributed by atoms with Crippen molar-refractivity contribution >= 4 is 5.97 Å². The average molecular weight is 142 g/mol. The summed E-state index contributed by atoms with van der Waals surface area (Å²) in [5.41, 5.74) is 1.08. The van der Waals surface area contributed by atoms with Crippen LogP contribution >= 0.6 is 0 Å². The van der Waals surface area contributed by atoms with Gasteiger partial charge >= 0.3 is 5.97 Å². The van der Waals surface area contributed by atoms with E-state index in [2.05, 4.69) is 4.74 Å². The Hall–Kier alpha value is -0.790. The van der Waals surface area contributed by atoms with Gasteiger partial charge in [0.1, 0.15) is 0 Å². The normalized spacial score (nSPS) is 11.3. The van der Waals surface area contributed by atoms with Gasteiger partial charge in [-0.2, -0.15) is 0 Å². The summed E-state index contributed by atoms with van der Waals surface area (Å²) >= 11 is 0. The fraction of sp³-hybridized carbons (Fsp3) is 0.625. The van der Waals surface area contributed by atoms with E-state index >= 15 is 0 Å². The first-order valence-electron chi connectivity index (χ1n) is 3.43. The summed E-state index contributed by atoms with van der Waals surface area (Å²) in [7, 11) is 1.40. The van der Waals surface area contributed by atoms with E-state index in [1.807, 2.05) is 19.9 Å². The highest BCUT2D eigenvalue weighted by Gasteiger charge is 1.98. The Balaban J connectivity index is 3.67. The molecule has 0 unspecified atom stereocenters. The first-order valence-corrected chi connectivity index (χ1v) is 3.43. The maximum Gasteiger partial charge on any atom is 0.309 e. The van der Waals surface area contributed by atoms with E-state index in [9.17, 15) is 4.79 Å². The van der Waals surface area contributed by atoms with E-state index in [0.717, 1.165) is 12.0 Å². The summed E-state index contributed by atoms with van der Waals surface area (Å²) in [5, 5.41) is 0. The molecule has 0 bridgehead atoms.